The zero-order valence-corrected chi connectivity index (χ0v) is 17.9. The van der Waals surface area contributed by atoms with Crippen LogP contribution in [0.3, 0.4) is 0 Å². The maximum atomic E-state index is 13.6. The minimum atomic E-state index is -0.300. The minimum Gasteiger partial charge on any atom is -0.493 e. The molecule has 8 heteroatoms. The highest BCUT2D eigenvalue weighted by atomic mass is 79.9. The molecule has 0 aliphatic heterocycles. The van der Waals surface area contributed by atoms with Crippen LogP contribution in [0.4, 0.5) is 15.9 Å². The third-order valence-corrected chi connectivity index (χ3v) is 4.99. The molecule has 156 valence electrons. The van der Waals surface area contributed by atoms with Crippen LogP contribution in [0.2, 0.25) is 0 Å². The SMILES string of the molecule is N#Cc1cc(OCCCOc2ccc(Br)cc2)cc(Nc2ccc3c(F)c[nH]c3c2)n1. The lowest BCUT2D eigenvalue weighted by Gasteiger charge is -2.11. The lowest BCUT2D eigenvalue weighted by molar-refractivity contribution is 0.247. The Bertz CT molecular complexity index is 1230. The number of H-pyrrole nitrogens is 1. The van der Waals surface area contributed by atoms with Crippen LogP contribution in [-0.2, 0) is 0 Å². The minimum absolute atomic E-state index is 0.234. The highest BCUT2D eigenvalue weighted by Crippen LogP contribution is 2.25. The molecule has 0 spiro atoms. The van der Waals surface area contributed by atoms with Crippen LogP contribution in [0.1, 0.15) is 12.1 Å². The molecule has 2 heterocycles. The Morgan fingerprint density at radius 1 is 1.03 bits per heavy atom. The van der Waals surface area contributed by atoms with Crippen molar-refractivity contribution in [1.29, 1.82) is 5.26 Å². The molecule has 2 aromatic carbocycles. The summed E-state index contributed by atoms with van der Waals surface area (Å²) in [4.78, 5) is 7.13. The van der Waals surface area contributed by atoms with Gasteiger partial charge in [-0.2, -0.15) is 5.26 Å². The number of pyridine rings is 1. The second-order valence-electron chi connectivity index (χ2n) is 6.71. The van der Waals surface area contributed by atoms with Crippen molar-refractivity contribution in [1.82, 2.24) is 9.97 Å². The summed E-state index contributed by atoms with van der Waals surface area (Å²) in [6.07, 6.45) is 1.99. The van der Waals surface area contributed by atoms with E-state index in [9.17, 15) is 9.65 Å². The van der Waals surface area contributed by atoms with Crippen LogP contribution in [0, 0.1) is 17.1 Å². The van der Waals surface area contributed by atoms with E-state index in [1.807, 2.05) is 30.3 Å². The van der Waals surface area contributed by atoms with E-state index in [-0.39, 0.29) is 11.5 Å². The number of benzene rings is 2. The van der Waals surface area contributed by atoms with E-state index < -0.39 is 0 Å². The summed E-state index contributed by atoms with van der Waals surface area (Å²) in [6.45, 7) is 0.939. The van der Waals surface area contributed by atoms with E-state index >= 15 is 0 Å². The van der Waals surface area contributed by atoms with Crippen molar-refractivity contribution in [3.63, 3.8) is 0 Å². The van der Waals surface area contributed by atoms with Gasteiger partial charge in [0, 0.05) is 40.3 Å². The number of nitriles is 1. The zero-order valence-electron chi connectivity index (χ0n) is 16.4. The fourth-order valence-electron chi connectivity index (χ4n) is 3.00. The van der Waals surface area contributed by atoms with Crippen LogP contribution in [0.25, 0.3) is 10.9 Å². The molecule has 0 atom stereocenters. The van der Waals surface area contributed by atoms with Gasteiger partial charge < -0.3 is 19.8 Å². The Morgan fingerprint density at radius 2 is 1.81 bits per heavy atom. The number of anilines is 2. The van der Waals surface area contributed by atoms with Crippen molar-refractivity contribution in [3.8, 4) is 17.6 Å². The maximum Gasteiger partial charge on any atom is 0.148 e. The van der Waals surface area contributed by atoms with E-state index in [4.69, 9.17) is 9.47 Å². The van der Waals surface area contributed by atoms with Gasteiger partial charge in [0.05, 0.1) is 18.7 Å². The van der Waals surface area contributed by atoms with Crippen LogP contribution in [-0.4, -0.2) is 23.2 Å². The number of hydrogen-bond donors (Lipinski definition) is 2. The number of nitrogens with zero attached hydrogens (tertiary/aromatic N) is 2. The summed E-state index contributed by atoms with van der Waals surface area (Å²) in [7, 11) is 0. The molecule has 0 bridgehead atoms. The third kappa shape index (κ3) is 5.32. The fraction of sp³-hybridized carbons (Fsp3) is 0.130. The van der Waals surface area contributed by atoms with Crippen molar-refractivity contribution in [2.75, 3.05) is 18.5 Å². The highest BCUT2D eigenvalue weighted by molar-refractivity contribution is 9.10. The van der Waals surface area contributed by atoms with Crippen LogP contribution in [0.5, 0.6) is 11.5 Å². The lowest BCUT2D eigenvalue weighted by Crippen LogP contribution is -2.06. The molecule has 6 nitrogen and oxygen atoms in total. The van der Waals surface area contributed by atoms with Gasteiger partial charge >= 0.3 is 0 Å². The Hall–Kier alpha value is -3.57. The van der Waals surface area contributed by atoms with Gasteiger partial charge in [0.1, 0.15) is 34.9 Å². The smallest absolute Gasteiger partial charge is 0.148 e. The fourth-order valence-corrected chi connectivity index (χ4v) is 3.26. The largest absolute Gasteiger partial charge is 0.493 e. The first-order valence-electron chi connectivity index (χ1n) is 9.58. The van der Waals surface area contributed by atoms with Gasteiger partial charge in [-0.25, -0.2) is 9.37 Å². The standard InChI is InChI=1S/C23H18BrFN4O2/c24-15-2-5-18(6-3-15)30-8-1-9-31-19-10-17(13-26)29-23(12-19)28-16-4-7-20-21(25)14-27-22(20)11-16/h2-7,10-12,14,27H,1,8-9H2,(H,28,29). The van der Waals surface area contributed by atoms with E-state index in [0.717, 1.165) is 10.2 Å². The first-order chi connectivity index (χ1) is 15.1. The highest BCUT2D eigenvalue weighted by Gasteiger charge is 2.07. The molecule has 0 saturated carbocycles. The van der Waals surface area contributed by atoms with E-state index in [1.165, 1.54) is 6.20 Å². The first-order valence-corrected chi connectivity index (χ1v) is 10.4. The molecule has 31 heavy (non-hydrogen) atoms. The number of aromatic amines is 1. The monoisotopic (exact) mass is 480 g/mol. The summed E-state index contributed by atoms with van der Waals surface area (Å²) >= 11 is 3.39. The molecule has 2 aromatic heterocycles. The predicted octanol–water partition coefficient (Wildman–Crippen LogP) is 5.93. The molecule has 0 unspecified atom stereocenters. The van der Waals surface area contributed by atoms with Gasteiger partial charge in [0.2, 0.25) is 0 Å². The number of fused-ring (bicyclic) bond motifs is 1. The Kier molecular flexibility index (Phi) is 6.34. The number of aromatic nitrogens is 2. The van der Waals surface area contributed by atoms with Gasteiger partial charge in [-0.15, -0.1) is 0 Å². The molecular formula is C23H18BrFN4O2. The summed E-state index contributed by atoms with van der Waals surface area (Å²) in [5.41, 5.74) is 1.62. The third-order valence-electron chi connectivity index (χ3n) is 4.46. The average Bonchev–Trinajstić information content (AvgIpc) is 3.14. The summed E-state index contributed by atoms with van der Waals surface area (Å²) < 4.78 is 26.1. The van der Waals surface area contributed by atoms with Gasteiger partial charge in [-0.3, -0.25) is 0 Å². The molecule has 4 rings (SSSR count). The van der Waals surface area contributed by atoms with E-state index in [2.05, 4.69) is 31.2 Å². The van der Waals surface area contributed by atoms with Crippen molar-refractivity contribution in [2.24, 2.45) is 0 Å². The molecule has 0 fully saturated rings. The Labute approximate surface area is 186 Å². The number of ether oxygens (including phenoxy) is 2. The van der Waals surface area contributed by atoms with Gasteiger partial charge in [0.15, 0.2) is 0 Å². The summed E-state index contributed by atoms with van der Waals surface area (Å²) in [5, 5.41) is 12.9. The van der Waals surface area contributed by atoms with Crippen molar-refractivity contribution in [3.05, 3.63) is 76.8 Å². The number of rotatable bonds is 8. The van der Waals surface area contributed by atoms with Crippen LogP contribution < -0.4 is 14.8 Å². The lowest BCUT2D eigenvalue weighted by atomic mass is 10.2. The molecule has 0 radical (unpaired) electrons. The van der Waals surface area contributed by atoms with Crippen molar-refractivity contribution < 1.29 is 13.9 Å². The molecule has 4 aromatic rings. The Morgan fingerprint density at radius 3 is 2.58 bits per heavy atom. The number of hydrogen-bond acceptors (Lipinski definition) is 5. The number of nitrogens with one attached hydrogen (secondary N) is 2. The summed E-state index contributed by atoms with van der Waals surface area (Å²) in [5.74, 6) is 1.49. The normalized spacial score (nSPS) is 10.6. The molecule has 0 saturated heterocycles. The van der Waals surface area contributed by atoms with E-state index in [0.29, 0.717) is 47.8 Å². The van der Waals surface area contributed by atoms with Gasteiger partial charge in [-0.05, 0) is 42.5 Å². The van der Waals surface area contributed by atoms with Crippen molar-refractivity contribution in [2.45, 2.75) is 6.42 Å². The van der Waals surface area contributed by atoms with Crippen molar-refractivity contribution >= 4 is 38.3 Å². The zero-order chi connectivity index (χ0) is 21.6. The molecule has 2 N–H and O–H groups in total. The number of halogens is 2. The topological polar surface area (TPSA) is 83.0 Å². The molecular weight excluding hydrogens is 463 g/mol. The second kappa shape index (κ2) is 9.49. The average molecular weight is 481 g/mol. The van der Waals surface area contributed by atoms with Crippen LogP contribution in [0.15, 0.2) is 65.3 Å². The van der Waals surface area contributed by atoms with E-state index in [1.54, 1.807) is 30.3 Å². The first kappa shape index (κ1) is 20.7. The summed E-state index contributed by atoms with van der Waals surface area (Å²) in [6, 6.07) is 18.2. The predicted molar refractivity (Wildman–Crippen MR) is 120 cm³/mol. The van der Waals surface area contributed by atoms with Gasteiger partial charge in [-0.1, -0.05) is 15.9 Å². The maximum absolute atomic E-state index is 13.6. The molecule has 0 aliphatic rings. The Balaban J connectivity index is 1.36. The van der Waals surface area contributed by atoms with Crippen LogP contribution >= 0.6 is 15.9 Å². The quantitative estimate of drug-likeness (QED) is 0.305. The second-order valence-corrected chi connectivity index (χ2v) is 7.63. The molecule has 0 amide bonds. The molecule has 0 aliphatic carbocycles. The van der Waals surface area contributed by atoms with Gasteiger partial charge in [0.25, 0.3) is 0 Å².